The lowest BCUT2D eigenvalue weighted by Crippen LogP contribution is -2.45. The van der Waals surface area contributed by atoms with Crippen molar-refractivity contribution in [2.45, 2.75) is 28.9 Å². The summed E-state index contributed by atoms with van der Waals surface area (Å²) >= 11 is 4.92. The van der Waals surface area contributed by atoms with Gasteiger partial charge in [-0.15, -0.1) is 0 Å². The molecule has 0 radical (unpaired) electrons. The summed E-state index contributed by atoms with van der Waals surface area (Å²) in [5, 5.41) is 0. The largest absolute Gasteiger partial charge is 0.383 e. The minimum absolute atomic E-state index is 0.0162. The summed E-state index contributed by atoms with van der Waals surface area (Å²) in [5.74, 6) is 0.0162. The molecule has 0 bridgehead atoms. The average molecular weight is 366 g/mol. The molecule has 0 aliphatic heterocycles. The first-order valence-corrected chi connectivity index (χ1v) is 9.34. The van der Waals surface area contributed by atoms with Crippen LogP contribution in [0, 0.1) is 0 Å². The second-order valence-corrected chi connectivity index (χ2v) is 8.53. The second kappa shape index (κ2) is 5.59. The number of nitrogens with zero attached hydrogens (tertiary/aromatic N) is 1. The van der Waals surface area contributed by atoms with E-state index in [4.69, 9.17) is 5.73 Å². The molecule has 1 saturated carbocycles. The van der Waals surface area contributed by atoms with E-state index in [9.17, 15) is 8.42 Å². The Hall–Kier alpha value is -0.310. The van der Waals surface area contributed by atoms with Gasteiger partial charge in [0.25, 0.3) is 0 Å². The summed E-state index contributed by atoms with van der Waals surface area (Å²) in [6.07, 6.45) is 6.74. The summed E-state index contributed by atoms with van der Waals surface area (Å²) < 4.78 is 27.8. The van der Waals surface area contributed by atoms with Crippen LogP contribution in [0.4, 0.5) is 5.82 Å². The van der Waals surface area contributed by atoms with Gasteiger partial charge in [-0.1, -0.05) is 6.42 Å². The van der Waals surface area contributed by atoms with Gasteiger partial charge in [-0.25, -0.2) is 18.1 Å². The molecule has 0 spiro atoms. The first-order valence-electron chi connectivity index (χ1n) is 5.84. The first kappa shape index (κ1) is 15.1. The lowest BCUT2D eigenvalue weighted by molar-refractivity contribution is 0.362. The fraction of sp³-hybridized carbons (Fsp3) is 0.545. The number of pyridine rings is 1. The SMILES string of the molecule is CSC1(CNS(=O)(=O)c2cc(Br)cnc2N)CCC1. The van der Waals surface area contributed by atoms with E-state index < -0.39 is 10.0 Å². The fourth-order valence-electron chi connectivity index (χ4n) is 1.97. The molecule has 1 aliphatic rings. The van der Waals surface area contributed by atoms with Crippen LogP contribution in [0.1, 0.15) is 19.3 Å². The molecule has 1 heterocycles. The molecule has 1 aromatic rings. The third-order valence-corrected chi connectivity index (χ3v) is 6.70. The smallest absolute Gasteiger partial charge is 0.244 e. The van der Waals surface area contributed by atoms with Gasteiger partial charge >= 0.3 is 0 Å². The molecular formula is C11H16BrN3O2S2. The van der Waals surface area contributed by atoms with E-state index in [0.717, 1.165) is 19.3 Å². The molecule has 1 fully saturated rings. The minimum atomic E-state index is -3.61. The number of thioether (sulfide) groups is 1. The molecular weight excluding hydrogens is 350 g/mol. The predicted molar refractivity (Wildman–Crippen MR) is 81.6 cm³/mol. The molecule has 106 valence electrons. The van der Waals surface area contributed by atoms with Crippen LogP contribution in [0.5, 0.6) is 0 Å². The topological polar surface area (TPSA) is 85.1 Å². The maximum Gasteiger partial charge on any atom is 0.244 e. The Balaban J connectivity index is 2.16. The number of halogens is 1. The van der Waals surface area contributed by atoms with E-state index in [-0.39, 0.29) is 15.5 Å². The second-order valence-electron chi connectivity index (χ2n) is 4.60. The zero-order valence-corrected chi connectivity index (χ0v) is 13.7. The quantitative estimate of drug-likeness (QED) is 0.833. The number of anilines is 1. The number of hydrogen-bond donors (Lipinski definition) is 2. The monoisotopic (exact) mass is 365 g/mol. The maximum atomic E-state index is 12.2. The highest BCUT2D eigenvalue weighted by Crippen LogP contribution is 2.42. The molecule has 0 unspecified atom stereocenters. The van der Waals surface area contributed by atoms with Gasteiger partial charge in [0.15, 0.2) is 0 Å². The number of nitrogens with one attached hydrogen (secondary N) is 1. The average Bonchev–Trinajstić information content (AvgIpc) is 2.31. The highest BCUT2D eigenvalue weighted by Gasteiger charge is 2.37. The van der Waals surface area contributed by atoms with Crippen molar-refractivity contribution in [3.8, 4) is 0 Å². The number of sulfonamides is 1. The molecule has 19 heavy (non-hydrogen) atoms. The summed E-state index contributed by atoms with van der Waals surface area (Å²) in [7, 11) is -3.61. The number of aromatic nitrogens is 1. The van der Waals surface area contributed by atoms with Gasteiger partial charge in [-0.3, -0.25) is 0 Å². The molecule has 1 aromatic heterocycles. The van der Waals surface area contributed by atoms with Crippen LogP contribution in [0.15, 0.2) is 21.6 Å². The fourth-order valence-corrected chi connectivity index (χ4v) is 4.69. The Kier molecular flexibility index (Phi) is 4.44. The van der Waals surface area contributed by atoms with Crippen molar-refractivity contribution in [2.24, 2.45) is 0 Å². The predicted octanol–water partition coefficient (Wildman–Crippen LogP) is 1.99. The van der Waals surface area contributed by atoms with E-state index in [1.807, 2.05) is 6.26 Å². The van der Waals surface area contributed by atoms with Crippen molar-refractivity contribution in [3.05, 3.63) is 16.7 Å². The number of rotatable bonds is 5. The Morgan fingerprint density at radius 3 is 2.79 bits per heavy atom. The van der Waals surface area contributed by atoms with Crippen molar-refractivity contribution in [1.82, 2.24) is 9.71 Å². The van der Waals surface area contributed by atoms with Gasteiger partial charge < -0.3 is 5.73 Å². The van der Waals surface area contributed by atoms with Gasteiger partial charge in [0.1, 0.15) is 10.7 Å². The minimum Gasteiger partial charge on any atom is -0.383 e. The van der Waals surface area contributed by atoms with Crippen molar-refractivity contribution in [3.63, 3.8) is 0 Å². The Labute approximate surface area is 125 Å². The third kappa shape index (κ3) is 3.24. The van der Waals surface area contributed by atoms with Crippen molar-refractivity contribution in [1.29, 1.82) is 0 Å². The van der Waals surface area contributed by atoms with Crippen LogP contribution in [-0.2, 0) is 10.0 Å². The van der Waals surface area contributed by atoms with Crippen molar-refractivity contribution in [2.75, 3.05) is 18.5 Å². The van der Waals surface area contributed by atoms with Crippen LogP contribution in [-0.4, -0.2) is 30.9 Å². The summed E-state index contributed by atoms with van der Waals surface area (Å²) in [6.45, 7) is 0.433. The van der Waals surface area contributed by atoms with E-state index in [1.165, 1.54) is 12.3 Å². The molecule has 0 aromatic carbocycles. The Bertz CT molecular complexity index is 568. The molecule has 2 rings (SSSR count). The summed E-state index contributed by atoms with van der Waals surface area (Å²) in [4.78, 5) is 3.88. The Morgan fingerprint density at radius 1 is 1.58 bits per heavy atom. The summed E-state index contributed by atoms with van der Waals surface area (Å²) in [5.41, 5.74) is 5.64. The molecule has 8 heteroatoms. The molecule has 0 amide bonds. The third-order valence-electron chi connectivity index (χ3n) is 3.42. The molecule has 0 saturated heterocycles. The van der Waals surface area contributed by atoms with Crippen molar-refractivity contribution < 1.29 is 8.42 Å². The first-order chi connectivity index (χ1) is 8.88. The van der Waals surface area contributed by atoms with Gasteiger partial charge in [-0.05, 0) is 41.1 Å². The molecule has 5 nitrogen and oxygen atoms in total. The van der Waals surface area contributed by atoms with Gasteiger partial charge in [0, 0.05) is 22.0 Å². The zero-order valence-electron chi connectivity index (χ0n) is 10.5. The number of nitrogen functional groups attached to an aromatic ring is 1. The van der Waals surface area contributed by atoms with Gasteiger partial charge in [0.2, 0.25) is 10.0 Å². The highest BCUT2D eigenvalue weighted by atomic mass is 79.9. The summed E-state index contributed by atoms with van der Waals surface area (Å²) in [6, 6.07) is 1.47. The standard InChI is InChI=1S/C11H16BrN3O2S2/c1-18-11(3-2-4-11)7-15-19(16,17)9-5-8(12)6-14-10(9)13/h5-6,15H,2-4,7H2,1H3,(H2,13,14). The lowest BCUT2D eigenvalue weighted by Gasteiger charge is -2.40. The normalized spacial score (nSPS) is 18.0. The van der Waals surface area contributed by atoms with Crippen LogP contribution >= 0.6 is 27.7 Å². The van der Waals surface area contributed by atoms with E-state index in [2.05, 4.69) is 25.6 Å². The Morgan fingerprint density at radius 2 is 2.26 bits per heavy atom. The van der Waals surface area contributed by atoms with Crippen LogP contribution in [0.2, 0.25) is 0 Å². The maximum absolute atomic E-state index is 12.2. The van der Waals surface area contributed by atoms with E-state index in [0.29, 0.717) is 11.0 Å². The molecule has 1 aliphatic carbocycles. The van der Waals surface area contributed by atoms with E-state index >= 15 is 0 Å². The van der Waals surface area contributed by atoms with E-state index in [1.54, 1.807) is 11.8 Å². The highest BCUT2D eigenvalue weighted by molar-refractivity contribution is 9.10. The number of nitrogens with two attached hydrogens (primary N) is 1. The number of hydrogen-bond acceptors (Lipinski definition) is 5. The van der Waals surface area contributed by atoms with Crippen LogP contribution < -0.4 is 10.5 Å². The van der Waals surface area contributed by atoms with Gasteiger partial charge in [-0.2, -0.15) is 11.8 Å². The zero-order chi connectivity index (χ0) is 14.1. The molecule has 0 atom stereocenters. The van der Waals surface area contributed by atoms with Gasteiger partial charge in [0.05, 0.1) is 0 Å². The van der Waals surface area contributed by atoms with Crippen molar-refractivity contribution >= 4 is 43.5 Å². The lowest BCUT2D eigenvalue weighted by atomic mass is 9.84. The van der Waals surface area contributed by atoms with Crippen LogP contribution in [0.3, 0.4) is 0 Å². The van der Waals surface area contributed by atoms with Crippen LogP contribution in [0.25, 0.3) is 0 Å². The molecule has 3 N–H and O–H groups in total.